The van der Waals surface area contributed by atoms with Crippen molar-refractivity contribution >= 4 is 5.97 Å². The molecule has 0 aliphatic carbocycles. The van der Waals surface area contributed by atoms with Gasteiger partial charge in [-0.2, -0.15) is 0 Å². The van der Waals surface area contributed by atoms with Gasteiger partial charge in [0.05, 0.1) is 12.0 Å². The summed E-state index contributed by atoms with van der Waals surface area (Å²) in [6, 6.07) is 7.77. The van der Waals surface area contributed by atoms with Gasteiger partial charge in [0.1, 0.15) is 12.4 Å². The number of piperidine rings is 1. The van der Waals surface area contributed by atoms with Crippen molar-refractivity contribution in [2.24, 2.45) is 5.41 Å². The summed E-state index contributed by atoms with van der Waals surface area (Å²) in [5.41, 5.74) is 0.496. The summed E-state index contributed by atoms with van der Waals surface area (Å²) in [6.07, 6.45) is 2.34. The molecule has 5 nitrogen and oxygen atoms in total. The summed E-state index contributed by atoms with van der Waals surface area (Å²) >= 11 is 0. The molecule has 122 valence electrons. The predicted molar refractivity (Wildman–Crippen MR) is 83.9 cm³/mol. The van der Waals surface area contributed by atoms with Crippen molar-refractivity contribution < 1.29 is 19.7 Å². The summed E-state index contributed by atoms with van der Waals surface area (Å²) in [5.74, 6) is 0.0586. The van der Waals surface area contributed by atoms with E-state index in [1.54, 1.807) is 0 Å². The topological polar surface area (TPSA) is 70.0 Å². The van der Waals surface area contributed by atoms with E-state index in [2.05, 4.69) is 4.90 Å². The molecule has 1 aromatic rings. The third kappa shape index (κ3) is 3.99. The number of likely N-dealkylation sites (tertiary alicyclic amines) is 1. The van der Waals surface area contributed by atoms with E-state index < -0.39 is 11.4 Å². The van der Waals surface area contributed by atoms with Gasteiger partial charge in [-0.05, 0) is 43.5 Å². The van der Waals surface area contributed by atoms with Gasteiger partial charge in [0.2, 0.25) is 0 Å². The Bertz CT molecular complexity index is 505. The van der Waals surface area contributed by atoms with Crippen LogP contribution >= 0.6 is 0 Å². The van der Waals surface area contributed by atoms with Crippen LogP contribution in [-0.4, -0.2) is 47.4 Å². The first-order valence-electron chi connectivity index (χ1n) is 7.88. The molecule has 0 bridgehead atoms. The van der Waals surface area contributed by atoms with Crippen LogP contribution in [0.3, 0.4) is 0 Å². The Morgan fingerprint density at radius 2 is 2.27 bits per heavy atom. The van der Waals surface area contributed by atoms with E-state index in [1.165, 1.54) is 0 Å². The minimum Gasteiger partial charge on any atom is -0.491 e. The van der Waals surface area contributed by atoms with Crippen molar-refractivity contribution in [1.29, 1.82) is 0 Å². The molecule has 0 saturated carbocycles. The lowest BCUT2D eigenvalue weighted by Gasteiger charge is -2.39. The van der Waals surface area contributed by atoms with Gasteiger partial charge in [0, 0.05) is 13.1 Å². The molecule has 1 atom stereocenters. The highest BCUT2D eigenvalue weighted by Crippen LogP contribution is 2.34. The first kappa shape index (κ1) is 16.8. The summed E-state index contributed by atoms with van der Waals surface area (Å²) < 4.78 is 5.42. The Morgan fingerprint density at radius 1 is 1.45 bits per heavy atom. The number of carboxylic acid groups (broad SMARTS) is 1. The number of hydrogen-bond donors (Lipinski definition) is 2. The van der Waals surface area contributed by atoms with Crippen LogP contribution in [0.15, 0.2) is 24.3 Å². The minimum absolute atomic E-state index is 0.00597. The Balaban J connectivity index is 2.02. The fraction of sp³-hybridized carbons (Fsp3) is 0.588. The smallest absolute Gasteiger partial charge is 0.310 e. The van der Waals surface area contributed by atoms with E-state index in [-0.39, 0.29) is 13.2 Å². The number of aliphatic carboxylic acids is 1. The number of aliphatic hydroxyl groups excluding tert-OH is 1. The van der Waals surface area contributed by atoms with Crippen molar-refractivity contribution in [3.63, 3.8) is 0 Å². The minimum atomic E-state index is -0.681. The molecular weight excluding hydrogens is 282 g/mol. The molecule has 1 aromatic carbocycles. The molecule has 2 rings (SSSR count). The van der Waals surface area contributed by atoms with Crippen molar-refractivity contribution in [1.82, 2.24) is 4.90 Å². The SMILES string of the molecule is CC[C@@]1(C(=O)O)CCCN(Cc2cccc(OCCO)c2)C1. The average molecular weight is 307 g/mol. The number of aliphatic hydroxyl groups is 1. The van der Waals surface area contributed by atoms with Crippen molar-refractivity contribution in [2.45, 2.75) is 32.7 Å². The normalized spacial score (nSPS) is 22.5. The lowest BCUT2D eigenvalue weighted by molar-refractivity contribution is -0.153. The number of nitrogens with zero attached hydrogens (tertiary/aromatic N) is 1. The Hall–Kier alpha value is -1.59. The second kappa shape index (κ2) is 7.61. The summed E-state index contributed by atoms with van der Waals surface area (Å²) in [6.45, 7) is 4.49. The molecule has 1 saturated heterocycles. The van der Waals surface area contributed by atoms with Gasteiger partial charge in [-0.15, -0.1) is 0 Å². The molecule has 0 unspecified atom stereocenters. The Kier molecular flexibility index (Phi) is 5.80. The third-order valence-electron chi connectivity index (χ3n) is 4.45. The first-order chi connectivity index (χ1) is 10.6. The van der Waals surface area contributed by atoms with E-state index in [0.29, 0.717) is 13.0 Å². The molecule has 1 fully saturated rings. The zero-order valence-corrected chi connectivity index (χ0v) is 13.1. The van der Waals surface area contributed by atoms with Gasteiger partial charge < -0.3 is 14.9 Å². The van der Waals surface area contributed by atoms with E-state index >= 15 is 0 Å². The van der Waals surface area contributed by atoms with Crippen LogP contribution in [-0.2, 0) is 11.3 Å². The zero-order chi connectivity index (χ0) is 16.0. The standard InChI is InChI=1S/C17H25NO4/c1-2-17(16(20)21)7-4-8-18(13-17)12-14-5-3-6-15(11-14)22-10-9-19/h3,5-6,11,19H,2,4,7-10,12-13H2,1H3,(H,20,21)/t17-/m1/s1. The molecule has 0 spiro atoms. The highest BCUT2D eigenvalue weighted by molar-refractivity contribution is 5.75. The highest BCUT2D eigenvalue weighted by atomic mass is 16.5. The van der Waals surface area contributed by atoms with Gasteiger partial charge in [-0.25, -0.2) is 0 Å². The molecule has 1 aliphatic heterocycles. The molecule has 2 N–H and O–H groups in total. The molecule has 5 heteroatoms. The van der Waals surface area contributed by atoms with Gasteiger partial charge in [-0.3, -0.25) is 9.69 Å². The molecule has 22 heavy (non-hydrogen) atoms. The fourth-order valence-corrected chi connectivity index (χ4v) is 3.13. The van der Waals surface area contributed by atoms with Crippen LogP contribution in [0.4, 0.5) is 0 Å². The first-order valence-corrected chi connectivity index (χ1v) is 7.88. The van der Waals surface area contributed by atoms with Gasteiger partial charge >= 0.3 is 5.97 Å². The number of hydrogen-bond acceptors (Lipinski definition) is 4. The number of carboxylic acids is 1. The largest absolute Gasteiger partial charge is 0.491 e. The molecule has 1 heterocycles. The third-order valence-corrected chi connectivity index (χ3v) is 4.45. The Morgan fingerprint density at radius 3 is 2.95 bits per heavy atom. The van der Waals surface area contributed by atoms with Gasteiger partial charge in [-0.1, -0.05) is 19.1 Å². The summed E-state index contributed by atoms with van der Waals surface area (Å²) in [4.78, 5) is 13.8. The molecule has 0 aromatic heterocycles. The van der Waals surface area contributed by atoms with Crippen LogP contribution in [0.1, 0.15) is 31.7 Å². The monoisotopic (exact) mass is 307 g/mol. The predicted octanol–water partition coefficient (Wildman–Crippen LogP) is 2.13. The molecular formula is C17H25NO4. The van der Waals surface area contributed by atoms with Crippen LogP contribution in [0, 0.1) is 5.41 Å². The average Bonchev–Trinajstić information content (AvgIpc) is 2.53. The van der Waals surface area contributed by atoms with E-state index in [9.17, 15) is 9.90 Å². The van der Waals surface area contributed by atoms with Crippen LogP contribution < -0.4 is 4.74 Å². The second-order valence-electron chi connectivity index (χ2n) is 5.97. The molecule has 0 radical (unpaired) electrons. The van der Waals surface area contributed by atoms with Crippen LogP contribution in [0.25, 0.3) is 0 Å². The van der Waals surface area contributed by atoms with E-state index in [1.807, 2.05) is 31.2 Å². The quantitative estimate of drug-likeness (QED) is 0.807. The van der Waals surface area contributed by atoms with E-state index in [0.717, 1.165) is 37.2 Å². The maximum absolute atomic E-state index is 11.6. The van der Waals surface area contributed by atoms with E-state index in [4.69, 9.17) is 9.84 Å². The van der Waals surface area contributed by atoms with Crippen molar-refractivity contribution in [3.8, 4) is 5.75 Å². The number of benzene rings is 1. The lowest BCUT2D eigenvalue weighted by atomic mass is 9.77. The molecule has 0 amide bonds. The number of rotatable bonds is 7. The number of carbonyl (C=O) groups is 1. The second-order valence-corrected chi connectivity index (χ2v) is 5.97. The summed E-state index contributed by atoms with van der Waals surface area (Å²) in [5, 5.41) is 18.3. The maximum atomic E-state index is 11.6. The van der Waals surface area contributed by atoms with Crippen LogP contribution in [0.2, 0.25) is 0 Å². The van der Waals surface area contributed by atoms with Gasteiger partial charge in [0.15, 0.2) is 0 Å². The summed E-state index contributed by atoms with van der Waals surface area (Å²) in [7, 11) is 0. The Labute approximate surface area is 131 Å². The maximum Gasteiger partial charge on any atom is 0.310 e. The highest BCUT2D eigenvalue weighted by Gasteiger charge is 2.40. The fourth-order valence-electron chi connectivity index (χ4n) is 3.13. The van der Waals surface area contributed by atoms with Gasteiger partial charge in [0.25, 0.3) is 0 Å². The lowest BCUT2D eigenvalue weighted by Crippen LogP contribution is -2.47. The zero-order valence-electron chi connectivity index (χ0n) is 13.1. The van der Waals surface area contributed by atoms with Crippen molar-refractivity contribution in [3.05, 3.63) is 29.8 Å². The van der Waals surface area contributed by atoms with Crippen LogP contribution in [0.5, 0.6) is 5.75 Å². The molecule has 1 aliphatic rings. The van der Waals surface area contributed by atoms with Crippen molar-refractivity contribution in [2.75, 3.05) is 26.3 Å². The number of ether oxygens (including phenoxy) is 1.